The molecular formula is C18H14F4N6O4. The highest BCUT2D eigenvalue weighted by Gasteiger charge is 2.38. The third-order valence-electron chi connectivity index (χ3n) is 4.45. The molecule has 0 aliphatic carbocycles. The van der Waals surface area contributed by atoms with Gasteiger partial charge in [-0.3, -0.25) is 9.69 Å². The molecule has 3 heterocycles. The van der Waals surface area contributed by atoms with Crippen LogP contribution in [0.15, 0.2) is 35.1 Å². The second-order valence-electron chi connectivity index (χ2n) is 6.78. The van der Waals surface area contributed by atoms with Crippen LogP contribution in [0.3, 0.4) is 0 Å². The van der Waals surface area contributed by atoms with Gasteiger partial charge in [-0.2, -0.15) is 23.3 Å². The number of hydrogen-bond donors (Lipinski definition) is 1. The average Bonchev–Trinajstić information content (AvgIpc) is 3.45. The zero-order valence-electron chi connectivity index (χ0n) is 16.3. The minimum Gasteiger partial charge on any atom is -0.442 e. The first-order valence-electron chi connectivity index (χ1n) is 9.10. The van der Waals surface area contributed by atoms with Crippen LogP contribution in [0.2, 0.25) is 0 Å². The van der Waals surface area contributed by atoms with Crippen molar-refractivity contribution in [3.8, 4) is 17.1 Å². The number of rotatable bonds is 5. The maximum absolute atomic E-state index is 14.7. The number of amides is 2. The van der Waals surface area contributed by atoms with Crippen molar-refractivity contribution >= 4 is 17.7 Å². The highest BCUT2D eigenvalue weighted by Crippen LogP contribution is 2.30. The van der Waals surface area contributed by atoms with E-state index in [1.165, 1.54) is 30.2 Å². The van der Waals surface area contributed by atoms with Crippen molar-refractivity contribution in [2.75, 3.05) is 18.0 Å². The van der Waals surface area contributed by atoms with Crippen LogP contribution >= 0.6 is 0 Å². The third-order valence-corrected chi connectivity index (χ3v) is 4.45. The molecule has 0 radical (unpaired) electrons. The molecule has 3 aromatic rings. The highest BCUT2D eigenvalue weighted by molar-refractivity contribution is 5.90. The van der Waals surface area contributed by atoms with Crippen molar-refractivity contribution in [2.24, 2.45) is 0 Å². The molecule has 0 unspecified atom stereocenters. The van der Waals surface area contributed by atoms with Crippen LogP contribution < -0.4 is 10.2 Å². The van der Waals surface area contributed by atoms with Crippen LogP contribution in [0.4, 0.5) is 28.0 Å². The summed E-state index contributed by atoms with van der Waals surface area (Å²) >= 11 is 0. The van der Waals surface area contributed by atoms with Gasteiger partial charge in [-0.15, -0.1) is 0 Å². The number of halogens is 4. The lowest BCUT2D eigenvalue weighted by molar-refractivity contribution is -0.159. The van der Waals surface area contributed by atoms with E-state index >= 15 is 0 Å². The zero-order valence-corrected chi connectivity index (χ0v) is 16.3. The number of ether oxygens (including phenoxy) is 1. The molecule has 2 aromatic heterocycles. The molecule has 0 saturated carbocycles. The minimum atomic E-state index is -4.79. The van der Waals surface area contributed by atoms with E-state index in [-0.39, 0.29) is 41.8 Å². The molecule has 1 aliphatic rings. The number of carbonyl (C=O) groups is 2. The van der Waals surface area contributed by atoms with Gasteiger partial charge in [0.05, 0.1) is 30.5 Å². The molecule has 1 N–H and O–H groups in total. The molecule has 1 aromatic carbocycles. The number of nitrogens with zero attached hydrogens (tertiary/aromatic N) is 5. The predicted octanol–water partition coefficient (Wildman–Crippen LogP) is 2.54. The summed E-state index contributed by atoms with van der Waals surface area (Å²) < 4.78 is 63.0. The van der Waals surface area contributed by atoms with Crippen LogP contribution in [-0.4, -0.2) is 51.1 Å². The Labute approximate surface area is 176 Å². The van der Waals surface area contributed by atoms with Gasteiger partial charge in [0, 0.05) is 13.1 Å². The largest absolute Gasteiger partial charge is 0.471 e. The molecule has 0 bridgehead atoms. The van der Waals surface area contributed by atoms with E-state index in [4.69, 9.17) is 4.74 Å². The SMILES string of the molecule is CC(=O)NC[C@H]1CN(c2ccc(-n3cc(-c4noc(C(F)(F)F)n4)cn3)c(F)c2)C(=O)O1. The first-order chi connectivity index (χ1) is 15.1. The topological polar surface area (TPSA) is 115 Å². The van der Waals surface area contributed by atoms with E-state index in [1.807, 2.05) is 0 Å². The van der Waals surface area contributed by atoms with Crippen LogP contribution in [0.1, 0.15) is 12.8 Å². The maximum Gasteiger partial charge on any atom is 0.471 e. The molecule has 1 fully saturated rings. The molecule has 32 heavy (non-hydrogen) atoms. The number of anilines is 1. The maximum atomic E-state index is 14.7. The van der Waals surface area contributed by atoms with Gasteiger partial charge in [0.2, 0.25) is 11.7 Å². The normalized spacial score (nSPS) is 16.3. The fourth-order valence-corrected chi connectivity index (χ4v) is 2.97. The van der Waals surface area contributed by atoms with E-state index in [2.05, 4.69) is 25.1 Å². The summed E-state index contributed by atoms with van der Waals surface area (Å²) in [6.07, 6.45) is -3.67. The van der Waals surface area contributed by atoms with Crippen molar-refractivity contribution < 1.29 is 36.4 Å². The van der Waals surface area contributed by atoms with Gasteiger partial charge in [0.1, 0.15) is 11.8 Å². The summed E-state index contributed by atoms with van der Waals surface area (Å²) in [6.45, 7) is 1.57. The number of aromatic nitrogens is 4. The van der Waals surface area contributed by atoms with Crippen molar-refractivity contribution in [3.63, 3.8) is 0 Å². The Balaban J connectivity index is 1.51. The summed E-state index contributed by atoms with van der Waals surface area (Å²) in [7, 11) is 0. The lowest BCUT2D eigenvalue weighted by atomic mass is 10.2. The predicted molar refractivity (Wildman–Crippen MR) is 98.1 cm³/mol. The van der Waals surface area contributed by atoms with Crippen LogP contribution in [0.25, 0.3) is 17.1 Å². The number of cyclic esters (lactones) is 1. The number of benzene rings is 1. The molecule has 14 heteroatoms. The molecule has 1 saturated heterocycles. The molecule has 1 aliphatic heterocycles. The monoisotopic (exact) mass is 454 g/mol. The second-order valence-corrected chi connectivity index (χ2v) is 6.78. The van der Waals surface area contributed by atoms with Crippen molar-refractivity contribution in [3.05, 3.63) is 42.3 Å². The van der Waals surface area contributed by atoms with Crippen molar-refractivity contribution in [1.29, 1.82) is 0 Å². The Bertz CT molecular complexity index is 1170. The standard InChI is InChI=1S/C18H14F4N6O4/c1-9(29)23-6-12-8-27(17(30)31-12)11-2-3-14(13(19)4-11)28-7-10(5-24-28)15-25-16(32-26-15)18(20,21)22/h2-5,7,12H,6,8H2,1H3,(H,23,29)/t12-/m0/s1. The average molecular weight is 454 g/mol. The minimum absolute atomic E-state index is 0.0260. The van der Waals surface area contributed by atoms with E-state index in [9.17, 15) is 27.2 Å². The Morgan fingerprint density at radius 3 is 2.78 bits per heavy atom. The fraction of sp³-hybridized carbons (Fsp3) is 0.278. The van der Waals surface area contributed by atoms with Crippen LogP contribution in [-0.2, 0) is 15.7 Å². The van der Waals surface area contributed by atoms with Gasteiger partial charge in [0.15, 0.2) is 5.82 Å². The van der Waals surface area contributed by atoms with Crippen LogP contribution in [0, 0.1) is 5.82 Å². The Morgan fingerprint density at radius 1 is 1.34 bits per heavy atom. The second kappa shape index (κ2) is 7.94. The zero-order chi connectivity index (χ0) is 23.0. The molecule has 4 rings (SSSR count). The number of alkyl halides is 3. The molecule has 168 valence electrons. The lowest BCUT2D eigenvalue weighted by Crippen LogP contribution is -2.33. The van der Waals surface area contributed by atoms with E-state index in [0.717, 1.165) is 16.9 Å². The molecular weight excluding hydrogens is 440 g/mol. The molecule has 10 nitrogen and oxygen atoms in total. The Morgan fingerprint density at radius 2 is 2.12 bits per heavy atom. The molecule has 1 atom stereocenters. The fourth-order valence-electron chi connectivity index (χ4n) is 2.97. The van der Waals surface area contributed by atoms with Crippen molar-refractivity contribution in [1.82, 2.24) is 25.2 Å². The van der Waals surface area contributed by atoms with Gasteiger partial charge >= 0.3 is 18.2 Å². The van der Waals surface area contributed by atoms with E-state index < -0.39 is 30.1 Å². The van der Waals surface area contributed by atoms with E-state index in [0.29, 0.717) is 0 Å². The van der Waals surface area contributed by atoms with Gasteiger partial charge in [-0.05, 0) is 18.2 Å². The number of carbonyl (C=O) groups excluding carboxylic acids is 2. The first-order valence-corrected chi connectivity index (χ1v) is 9.10. The summed E-state index contributed by atoms with van der Waals surface area (Å²) in [5, 5.41) is 9.71. The molecule has 0 spiro atoms. The van der Waals surface area contributed by atoms with E-state index in [1.54, 1.807) is 0 Å². The lowest BCUT2D eigenvalue weighted by Gasteiger charge is -2.14. The third kappa shape index (κ3) is 4.24. The number of hydrogen-bond acceptors (Lipinski definition) is 7. The Hall–Kier alpha value is -3.97. The van der Waals surface area contributed by atoms with Gasteiger partial charge in [-0.25, -0.2) is 13.9 Å². The van der Waals surface area contributed by atoms with Gasteiger partial charge in [0.25, 0.3) is 0 Å². The van der Waals surface area contributed by atoms with Gasteiger partial charge < -0.3 is 14.6 Å². The molecule has 2 amide bonds. The summed E-state index contributed by atoms with van der Waals surface area (Å²) in [5.41, 5.74) is 0.278. The smallest absolute Gasteiger partial charge is 0.442 e. The Kier molecular flexibility index (Phi) is 5.28. The summed E-state index contributed by atoms with van der Waals surface area (Å²) in [4.78, 5) is 27.5. The first kappa shape index (κ1) is 21.3. The highest BCUT2D eigenvalue weighted by atomic mass is 19.4. The quantitative estimate of drug-likeness (QED) is 0.589. The number of nitrogens with one attached hydrogen (secondary N) is 1. The van der Waals surface area contributed by atoms with Gasteiger partial charge in [-0.1, -0.05) is 5.16 Å². The summed E-state index contributed by atoms with van der Waals surface area (Å²) in [6, 6.07) is 3.89. The summed E-state index contributed by atoms with van der Waals surface area (Å²) in [5.74, 6) is -2.89. The van der Waals surface area contributed by atoms with Crippen molar-refractivity contribution in [2.45, 2.75) is 19.2 Å². The van der Waals surface area contributed by atoms with Crippen LogP contribution in [0.5, 0.6) is 0 Å².